The predicted octanol–water partition coefficient (Wildman–Crippen LogP) is 5.37. The number of alkyl carbamates (subject to hydrolysis) is 1. The van der Waals surface area contributed by atoms with Crippen molar-refractivity contribution in [2.75, 3.05) is 6.61 Å². The van der Waals surface area contributed by atoms with E-state index in [2.05, 4.69) is 5.32 Å². The minimum absolute atomic E-state index is 0.0468. The fourth-order valence-electron chi connectivity index (χ4n) is 3.94. The summed E-state index contributed by atoms with van der Waals surface area (Å²) in [7, 11) is 0. The summed E-state index contributed by atoms with van der Waals surface area (Å²) >= 11 is 0. The van der Waals surface area contributed by atoms with E-state index in [0.29, 0.717) is 6.07 Å². The van der Waals surface area contributed by atoms with E-state index in [1.54, 1.807) is 0 Å². The van der Waals surface area contributed by atoms with Crippen molar-refractivity contribution in [3.05, 3.63) is 95.1 Å². The smallest absolute Gasteiger partial charge is 0.416 e. The lowest BCUT2D eigenvalue weighted by Gasteiger charge is -2.18. The second-order valence-corrected chi connectivity index (χ2v) is 7.36. The summed E-state index contributed by atoms with van der Waals surface area (Å²) in [6, 6.07) is 17.5. The zero-order valence-electron chi connectivity index (χ0n) is 16.6. The molecule has 1 atom stereocenters. The molecular weight excluding hydrogens is 423 g/mol. The molecule has 32 heavy (non-hydrogen) atoms. The molecule has 3 aromatic rings. The van der Waals surface area contributed by atoms with Crippen molar-refractivity contribution in [2.24, 2.45) is 0 Å². The Kier molecular flexibility index (Phi) is 5.61. The van der Waals surface area contributed by atoms with Gasteiger partial charge in [-0.1, -0.05) is 60.7 Å². The van der Waals surface area contributed by atoms with Gasteiger partial charge in [0.05, 0.1) is 5.56 Å². The van der Waals surface area contributed by atoms with Crippen molar-refractivity contribution < 1.29 is 32.6 Å². The van der Waals surface area contributed by atoms with Gasteiger partial charge in [0.25, 0.3) is 0 Å². The first-order valence-electron chi connectivity index (χ1n) is 9.77. The third-order valence-electron chi connectivity index (χ3n) is 5.40. The molecule has 0 fully saturated rings. The highest BCUT2D eigenvalue weighted by Crippen LogP contribution is 2.44. The van der Waals surface area contributed by atoms with Crippen molar-refractivity contribution in [3.63, 3.8) is 0 Å². The molecule has 0 bridgehead atoms. The Labute approximate surface area is 181 Å². The highest BCUT2D eigenvalue weighted by Gasteiger charge is 2.33. The largest absolute Gasteiger partial charge is 0.479 e. The topological polar surface area (TPSA) is 75.6 Å². The van der Waals surface area contributed by atoms with E-state index in [1.165, 1.54) is 6.07 Å². The van der Waals surface area contributed by atoms with E-state index >= 15 is 0 Å². The molecule has 0 unspecified atom stereocenters. The number of carboxylic acids is 1. The van der Waals surface area contributed by atoms with Crippen LogP contribution in [0, 0.1) is 0 Å². The molecule has 1 aliphatic carbocycles. The molecule has 0 saturated carbocycles. The van der Waals surface area contributed by atoms with Crippen LogP contribution in [0.1, 0.15) is 34.2 Å². The van der Waals surface area contributed by atoms with Gasteiger partial charge >= 0.3 is 18.2 Å². The zero-order valence-corrected chi connectivity index (χ0v) is 16.6. The van der Waals surface area contributed by atoms with Gasteiger partial charge in [-0.3, -0.25) is 0 Å². The lowest BCUT2D eigenvalue weighted by molar-refractivity contribution is -0.140. The Hall–Kier alpha value is -3.81. The molecule has 1 amide bonds. The average Bonchev–Trinajstić information content (AvgIpc) is 3.09. The molecule has 1 aliphatic rings. The Morgan fingerprint density at radius 3 is 2.09 bits per heavy atom. The molecule has 0 radical (unpaired) electrons. The minimum Gasteiger partial charge on any atom is -0.479 e. The summed E-state index contributed by atoms with van der Waals surface area (Å²) in [6.45, 7) is -0.0468. The van der Waals surface area contributed by atoms with Crippen LogP contribution in [0.4, 0.5) is 18.0 Å². The Morgan fingerprint density at radius 1 is 0.938 bits per heavy atom. The zero-order chi connectivity index (χ0) is 22.9. The van der Waals surface area contributed by atoms with E-state index in [9.17, 15) is 27.9 Å². The van der Waals surface area contributed by atoms with Gasteiger partial charge in [0, 0.05) is 5.92 Å². The van der Waals surface area contributed by atoms with Gasteiger partial charge in [0.1, 0.15) is 6.61 Å². The molecule has 3 aromatic carbocycles. The van der Waals surface area contributed by atoms with Crippen LogP contribution in [-0.2, 0) is 15.7 Å². The molecule has 0 aliphatic heterocycles. The number of fused-ring (bicyclic) bond motifs is 3. The third kappa shape index (κ3) is 4.16. The molecule has 0 aromatic heterocycles. The molecule has 5 nitrogen and oxygen atoms in total. The van der Waals surface area contributed by atoms with Gasteiger partial charge in [-0.05, 0) is 39.9 Å². The van der Waals surface area contributed by atoms with Crippen LogP contribution < -0.4 is 5.32 Å². The van der Waals surface area contributed by atoms with Crippen LogP contribution >= 0.6 is 0 Å². The van der Waals surface area contributed by atoms with Gasteiger partial charge in [0.2, 0.25) is 0 Å². The summed E-state index contributed by atoms with van der Waals surface area (Å²) in [6.07, 6.45) is -5.67. The second kappa shape index (κ2) is 8.37. The number of carbonyl (C=O) groups excluding carboxylic acids is 1. The van der Waals surface area contributed by atoms with Crippen LogP contribution in [0.2, 0.25) is 0 Å². The van der Waals surface area contributed by atoms with Crippen LogP contribution in [0.25, 0.3) is 11.1 Å². The summed E-state index contributed by atoms with van der Waals surface area (Å²) in [5.41, 5.74) is 2.81. The van der Waals surface area contributed by atoms with E-state index in [-0.39, 0.29) is 18.1 Å². The Balaban J connectivity index is 1.49. The van der Waals surface area contributed by atoms with Gasteiger partial charge in [-0.25, -0.2) is 9.59 Å². The number of aliphatic carboxylic acids is 1. The number of carbonyl (C=O) groups is 2. The average molecular weight is 441 g/mol. The van der Waals surface area contributed by atoms with Gasteiger partial charge in [-0.15, -0.1) is 0 Å². The Bertz CT molecular complexity index is 1130. The highest BCUT2D eigenvalue weighted by molar-refractivity contribution is 5.82. The quantitative estimate of drug-likeness (QED) is 0.558. The maximum absolute atomic E-state index is 13.0. The summed E-state index contributed by atoms with van der Waals surface area (Å²) in [4.78, 5) is 24.0. The fourth-order valence-corrected chi connectivity index (χ4v) is 3.94. The van der Waals surface area contributed by atoms with Gasteiger partial charge in [-0.2, -0.15) is 13.2 Å². The molecule has 0 heterocycles. The number of ether oxygens (including phenoxy) is 1. The number of hydrogen-bond acceptors (Lipinski definition) is 3. The van der Waals surface area contributed by atoms with Crippen LogP contribution in [0.3, 0.4) is 0 Å². The first-order valence-corrected chi connectivity index (χ1v) is 9.77. The number of hydrogen-bond donors (Lipinski definition) is 2. The van der Waals surface area contributed by atoms with Crippen molar-refractivity contribution in [1.29, 1.82) is 0 Å². The Morgan fingerprint density at radius 2 is 1.53 bits per heavy atom. The normalized spacial score (nSPS) is 13.7. The van der Waals surface area contributed by atoms with Crippen molar-refractivity contribution in [3.8, 4) is 11.1 Å². The minimum atomic E-state index is -4.64. The van der Waals surface area contributed by atoms with Crippen LogP contribution in [0.5, 0.6) is 0 Å². The maximum Gasteiger partial charge on any atom is 0.416 e. The number of carboxylic acid groups (broad SMARTS) is 1. The highest BCUT2D eigenvalue weighted by atomic mass is 19.4. The number of nitrogens with one attached hydrogen (secondary N) is 1. The van der Waals surface area contributed by atoms with E-state index in [4.69, 9.17) is 4.74 Å². The van der Waals surface area contributed by atoms with E-state index in [1.807, 2.05) is 48.5 Å². The van der Waals surface area contributed by atoms with E-state index < -0.39 is 29.8 Å². The first kappa shape index (κ1) is 21.4. The molecule has 164 valence electrons. The molecular formula is C24H18F3NO4. The number of halogens is 3. The molecule has 0 spiro atoms. The van der Waals surface area contributed by atoms with Crippen molar-refractivity contribution >= 4 is 12.1 Å². The summed E-state index contributed by atoms with van der Waals surface area (Å²) < 4.78 is 44.2. The van der Waals surface area contributed by atoms with Crippen molar-refractivity contribution in [1.82, 2.24) is 5.32 Å². The van der Waals surface area contributed by atoms with Crippen LogP contribution in [-0.4, -0.2) is 23.8 Å². The third-order valence-corrected chi connectivity index (χ3v) is 5.40. The predicted molar refractivity (Wildman–Crippen MR) is 110 cm³/mol. The summed E-state index contributed by atoms with van der Waals surface area (Å²) in [5.74, 6) is -1.73. The second-order valence-electron chi connectivity index (χ2n) is 7.36. The first-order chi connectivity index (χ1) is 15.3. The monoisotopic (exact) mass is 441 g/mol. The van der Waals surface area contributed by atoms with Crippen molar-refractivity contribution in [2.45, 2.75) is 18.1 Å². The molecule has 4 rings (SSSR count). The number of benzene rings is 3. The lowest BCUT2D eigenvalue weighted by atomic mass is 9.98. The molecule has 0 saturated heterocycles. The molecule has 2 N–H and O–H groups in total. The SMILES string of the molecule is O=C(N[C@@H](C(=O)O)c1cccc(C(F)(F)F)c1)OCC1c2ccccc2-c2ccccc21. The standard InChI is InChI=1S/C24H18F3NO4/c25-24(26,27)15-7-5-6-14(12-15)21(22(29)30)28-23(31)32-13-20-18-10-3-1-8-16(18)17-9-2-4-11-19(17)20/h1-12,20-21H,13H2,(H,28,31)(H,29,30)/t21-/m1/s1. The number of rotatable bonds is 5. The lowest BCUT2D eigenvalue weighted by Crippen LogP contribution is -2.35. The summed E-state index contributed by atoms with van der Waals surface area (Å²) in [5, 5.41) is 11.6. The van der Waals surface area contributed by atoms with Gasteiger partial charge in [0.15, 0.2) is 6.04 Å². The number of alkyl halides is 3. The van der Waals surface area contributed by atoms with Crippen LogP contribution in [0.15, 0.2) is 72.8 Å². The fraction of sp³-hybridized carbons (Fsp3) is 0.167. The van der Waals surface area contributed by atoms with Gasteiger partial charge < -0.3 is 15.2 Å². The number of amides is 1. The molecule has 8 heteroatoms. The van der Waals surface area contributed by atoms with E-state index in [0.717, 1.165) is 34.4 Å². The maximum atomic E-state index is 13.0.